The zero-order valence-corrected chi connectivity index (χ0v) is 15.1. The number of aromatic hydroxyl groups is 1. The molecule has 0 amide bonds. The second kappa shape index (κ2) is 7.30. The first kappa shape index (κ1) is 17.5. The van der Waals surface area contributed by atoms with Gasteiger partial charge < -0.3 is 14.7 Å². The van der Waals surface area contributed by atoms with Crippen LogP contribution in [0.3, 0.4) is 0 Å². The molecule has 0 saturated carbocycles. The summed E-state index contributed by atoms with van der Waals surface area (Å²) in [5.74, 6) is 0.706. The molecule has 0 aliphatic carbocycles. The summed E-state index contributed by atoms with van der Waals surface area (Å²) in [4.78, 5) is 14.0. The Labute approximate surface area is 152 Å². The highest BCUT2D eigenvalue weighted by Gasteiger charge is 2.32. The number of nitrogens with one attached hydrogen (secondary N) is 1. The lowest BCUT2D eigenvalue weighted by atomic mass is 10.0. The van der Waals surface area contributed by atoms with Gasteiger partial charge in [0, 0.05) is 5.02 Å². The summed E-state index contributed by atoms with van der Waals surface area (Å²) < 4.78 is 5.86. The van der Waals surface area contributed by atoms with Crippen LogP contribution in [0.4, 0.5) is 0 Å². The molecule has 1 aliphatic rings. The van der Waals surface area contributed by atoms with Crippen LogP contribution >= 0.6 is 11.6 Å². The minimum Gasteiger partial charge on any atom is -0.507 e. The van der Waals surface area contributed by atoms with Gasteiger partial charge in [0.05, 0.1) is 24.2 Å². The Morgan fingerprint density at radius 3 is 2.64 bits per heavy atom. The highest BCUT2D eigenvalue weighted by molar-refractivity contribution is 6.30. The fraction of sp³-hybridized carbons (Fsp3) is 0.250. The molecule has 0 saturated heterocycles. The number of rotatable bonds is 5. The normalized spacial score (nSPS) is 14.9. The number of phenolic OH excluding ortho intramolecular Hbond substituents is 1. The smallest absolute Gasteiger partial charge is 0.231 e. The molecule has 2 N–H and O–H groups in total. The number of hydrogen-bond donors (Lipinski definition) is 2. The lowest BCUT2D eigenvalue weighted by Crippen LogP contribution is -3.10. The third-order valence-corrected chi connectivity index (χ3v) is 4.72. The number of quaternary nitrogens is 1. The minimum atomic E-state index is -0.175. The van der Waals surface area contributed by atoms with Crippen LogP contribution < -0.4 is 9.64 Å². The lowest BCUT2D eigenvalue weighted by Gasteiger charge is -2.17. The fourth-order valence-electron chi connectivity index (χ4n) is 2.97. The standard InChI is InChI=1S/C20H20ClNO3/c1-3-22(4-2)12-16-17(23)9-8-15-19(24)18(25-20(15)16)11-13-6-5-7-14(21)10-13/h5-11,23H,3-4,12H2,1-2H3/p+1/b18-11-. The Bertz CT molecular complexity index is 841. The van der Waals surface area contributed by atoms with E-state index in [-0.39, 0.29) is 17.3 Å². The van der Waals surface area contributed by atoms with Gasteiger partial charge in [-0.1, -0.05) is 23.7 Å². The molecule has 1 heterocycles. The molecule has 130 valence electrons. The van der Waals surface area contributed by atoms with Crippen molar-refractivity contribution in [2.24, 2.45) is 0 Å². The molecule has 0 spiro atoms. The number of hydrogen-bond acceptors (Lipinski definition) is 3. The quantitative estimate of drug-likeness (QED) is 0.807. The van der Waals surface area contributed by atoms with Crippen LogP contribution in [0.25, 0.3) is 6.08 Å². The molecular formula is C20H21ClNO3+. The molecule has 2 aromatic carbocycles. The Morgan fingerprint density at radius 2 is 1.96 bits per heavy atom. The SMILES string of the molecule is CC[NH+](CC)Cc1c(O)ccc2c1O/C(=C\c1cccc(Cl)c1)C2=O. The monoisotopic (exact) mass is 358 g/mol. The Balaban J connectivity index is 1.98. The summed E-state index contributed by atoms with van der Waals surface area (Å²) in [6.07, 6.45) is 1.68. The summed E-state index contributed by atoms with van der Waals surface area (Å²) in [5.41, 5.74) is 1.97. The lowest BCUT2D eigenvalue weighted by molar-refractivity contribution is -0.910. The summed E-state index contributed by atoms with van der Waals surface area (Å²) in [6, 6.07) is 10.4. The maximum absolute atomic E-state index is 12.7. The molecule has 1 aliphatic heterocycles. The van der Waals surface area contributed by atoms with Crippen molar-refractivity contribution in [2.75, 3.05) is 13.1 Å². The molecule has 3 rings (SSSR count). The van der Waals surface area contributed by atoms with E-state index in [1.54, 1.807) is 30.3 Å². The minimum absolute atomic E-state index is 0.162. The van der Waals surface area contributed by atoms with E-state index in [0.29, 0.717) is 28.4 Å². The van der Waals surface area contributed by atoms with Gasteiger partial charge in [0.1, 0.15) is 12.3 Å². The predicted molar refractivity (Wildman–Crippen MR) is 98.2 cm³/mol. The summed E-state index contributed by atoms with van der Waals surface area (Å²) >= 11 is 6.00. The van der Waals surface area contributed by atoms with Crippen molar-refractivity contribution < 1.29 is 19.5 Å². The average molecular weight is 359 g/mol. The van der Waals surface area contributed by atoms with Crippen LogP contribution in [0.2, 0.25) is 5.02 Å². The first-order chi connectivity index (χ1) is 12.0. The predicted octanol–water partition coefficient (Wildman–Crippen LogP) is 3.09. The molecule has 0 unspecified atom stereocenters. The topological polar surface area (TPSA) is 51.0 Å². The van der Waals surface area contributed by atoms with Gasteiger partial charge >= 0.3 is 0 Å². The van der Waals surface area contributed by atoms with Crippen molar-refractivity contribution in [2.45, 2.75) is 20.4 Å². The van der Waals surface area contributed by atoms with Crippen molar-refractivity contribution in [3.05, 3.63) is 63.9 Å². The van der Waals surface area contributed by atoms with Gasteiger partial charge in [-0.05, 0) is 49.8 Å². The summed E-state index contributed by atoms with van der Waals surface area (Å²) in [7, 11) is 0. The van der Waals surface area contributed by atoms with Crippen LogP contribution in [0.1, 0.15) is 35.3 Å². The van der Waals surface area contributed by atoms with E-state index in [1.807, 2.05) is 12.1 Å². The molecule has 4 nitrogen and oxygen atoms in total. The third-order valence-electron chi connectivity index (χ3n) is 4.49. The fourth-order valence-corrected chi connectivity index (χ4v) is 3.16. The van der Waals surface area contributed by atoms with Gasteiger partial charge in [0.15, 0.2) is 11.5 Å². The van der Waals surface area contributed by atoms with E-state index in [0.717, 1.165) is 18.7 Å². The van der Waals surface area contributed by atoms with E-state index in [2.05, 4.69) is 13.8 Å². The van der Waals surface area contributed by atoms with Crippen LogP contribution in [0.15, 0.2) is 42.2 Å². The number of halogens is 1. The Kier molecular flexibility index (Phi) is 5.11. The van der Waals surface area contributed by atoms with Crippen molar-refractivity contribution in [3.63, 3.8) is 0 Å². The molecule has 0 bridgehead atoms. The van der Waals surface area contributed by atoms with E-state index in [1.165, 1.54) is 4.90 Å². The second-order valence-electron chi connectivity index (χ2n) is 6.07. The zero-order chi connectivity index (χ0) is 18.0. The number of phenols is 1. The molecule has 2 aromatic rings. The van der Waals surface area contributed by atoms with Crippen LogP contribution in [-0.2, 0) is 6.54 Å². The van der Waals surface area contributed by atoms with E-state index < -0.39 is 0 Å². The molecule has 0 fully saturated rings. The first-order valence-electron chi connectivity index (χ1n) is 8.41. The number of ether oxygens (including phenoxy) is 1. The molecule has 0 radical (unpaired) electrons. The first-order valence-corrected chi connectivity index (χ1v) is 8.79. The number of carbonyl (C=O) groups excluding carboxylic acids is 1. The van der Waals surface area contributed by atoms with Gasteiger partial charge in [-0.25, -0.2) is 0 Å². The zero-order valence-electron chi connectivity index (χ0n) is 14.3. The van der Waals surface area contributed by atoms with Crippen LogP contribution in [-0.4, -0.2) is 24.0 Å². The maximum Gasteiger partial charge on any atom is 0.231 e. The summed E-state index contributed by atoms with van der Waals surface area (Å²) in [5, 5.41) is 10.9. The van der Waals surface area contributed by atoms with Gasteiger partial charge in [-0.3, -0.25) is 4.79 Å². The van der Waals surface area contributed by atoms with E-state index in [9.17, 15) is 9.90 Å². The molecule has 0 atom stereocenters. The number of benzene rings is 2. The van der Waals surface area contributed by atoms with Crippen LogP contribution in [0.5, 0.6) is 11.5 Å². The van der Waals surface area contributed by atoms with Gasteiger partial charge in [0.25, 0.3) is 0 Å². The average Bonchev–Trinajstić information content (AvgIpc) is 2.90. The Hall–Kier alpha value is -2.30. The highest BCUT2D eigenvalue weighted by atomic mass is 35.5. The largest absolute Gasteiger partial charge is 0.507 e. The molecule has 25 heavy (non-hydrogen) atoms. The van der Waals surface area contributed by atoms with E-state index >= 15 is 0 Å². The molecule has 0 aromatic heterocycles. The number of allylic oxidation sites excluding steroid dienone is 1. The number of Topliss-reactive ketones (excluding diaryl/α,β-unsaturated/α-hetero) is 1. The summed E-state index contributed by atoms with van der Waals surface area (Å²) in [6.45, 7) is 6.66. The van der Waals surface area contributed by atoms with Gasteiger partial charge in [-0.15, -0.1) is 0 Å². The van der Waals surface area contributed by atoms with Gasteiger partial charge in [-0.2, -0.15) is 0 Å². The Morgan fingerprint density at radius 1 is 1.20 bits per heavy atom. The maximum atomic E-state index is 12.7. The number of carbonyl (C=O) groups is 1. The van der Waals surface area contributed by atoms with Crippen molar-refractivity contribution in [3.8, 4) is 11.5 Å². The highest BCUT2D eigenvalue weighted by Crippen LogP contribution is 2.39. The van der Waals surface area contributed by atoms with Crippen LogP contribution in [0, 0.1) is 0 Å². The van der Waals surface area contributed by atoms with Crippen molar-refractivity contribution in [1.82, 2.24) is 0 Å². The third kappa shape index (κ3) is 3.55. The molecule has 5 heteroatoms. The second-order valence-corrected chi connectivity index (χ2v) is 6.51. The van der Waals surface area contributed by atoms with Crippen molar-refractivity contribution >= 4 is 23.5 Å². The van der Waals surface area contributed by atoms with E-state index in [4.69, 9.17) is 16.3 Å². The van der Waals surface area contributed by atoms with Crippen molar-refractivity contribution in [1.29, 1.82) is 0 Å². The molecular weight excluding hydrogens is 338 g/mol. The number of ketones is 1. The number of fused-ring (bicyclic) bond motifs is 1. The van der Waals surface area contributed by atoms with Gasteiger partial charge in [0.2, 0.25) is 5.78 Å².